The van der Waals surface area contributed by atoms with Crippen LogP contribution in [-0.2, 0) is 16.6 Å². The van der Waals surface area contributed by atoms with E-state index in [1.807, 2.05) is 30.3 Å². The van der Waals surface area contributed by atoms with Crippen molar-refractivity contribution in [2.75, 3.05) is 18.4 Å². The van der Waals surface area contributed by atoms with E-state index >= 15 is 0 Å². The van der Waals surface area contributed by atoms with Crippen LogP contribution in [0.25, 0.3) is 0 Å². The van der Waals surface area contributed by atoms with Crippen molar-refractivity contribution >= 4 is 33.5 Å². The molecule has 0 bridgehead atoms. The summed E-state index contributed by atoms with van der Waals surface area (Å²) in [5, 5.41) is 6.95. The molecule has 1 aliphatic rings. The Morgan fingerprint density at radius 2 is 1.81 bits per heavy atom. The van der Waals surface area contributed by atoms with Crippen LogP contribution in [0.4, 0.5) is 5.95 Å². The van der Waals surface area contributed by atoms with Crippen LogP contribution in [0, 0.1) is 0 Å². The predicted octanol–water partition coefficient (Wildman–Crippen LogP) is 3.41. The van der Waals surface area contributed by atoms with E-state index in [0.29, 0.717) is 19.6 Å². The van der Waals surface area contributed by atoms with Gasteiger partial charge in [0.15, 0.2) is 0 Å². The molecule has 1 fully saturated rings. The molecule has 1 amide bonds. The van der Waals surface area contributed by atoms with E-state index in [-0.39, 0.29) is 21.4 Å². The van der Waals surface area contributed by atoms with Crippen molar-refractivity contribution in [2.24, 2.45) is 0 Å². The summed E-state index contributed by atoms with van der Waals surface area (Å²) in [6, 6.07) is 14.0. The lowest BCUT2D eigenvalue weighted by molar-refractivity contribution is 0.102. The molecule has 0 saturated carbocycles. The van der Waals surface area contributed by atoms with Crippen LogP contribution in [0.15, 0.2) is 59.8 Å². The molecule has 0 atom stereocenters. The minimum atomic E-state index is -3.77. The minimum absolute atomic E-state index is 0.0636. The van der Waals surface area contributed by atoms with Gasteiger partial charge >= 0.3 is 0 Å². The van der Waals surface area contributed by atoms with Crippen LogP contribution >= 0.6 is 11.6 Å². The first-order valence-electron chi connectivity index (χ1n) is 9.98. The van der Waals surface area contributed by atoms with E-state index in [0.717, 1.165) is 24.8 Å². The summed E-state index contributed by atoms with van der Waals surface area (Å²) in [7, 11) is -3.77. The molecule has 4 rings (SSSR count). The van der Waals surface area contributed by atoms with Gasteiger partial charge in [0.1, 0.15) is 11.2 Å². The molecular weight excluding hydrogens is 438 g/mol. The summed E-state index contributed by atoms with van der Waals surface area (Å²) in [6.07, 6.45) is 4.16. The Bertz CT molecular complexity index is 1170. The van der Waals surface area contributed by atoms with Gasteiger partial charge in [-0.2, -0.15) is 4.31 Å². The molecule has 1 aromatic heterocycles. The average molecular weight is 460 g/mol. The van der Waals surface area contributed by atoms with Crippen molar-refractivity contribution in [3.63, 3.8) is 0 Å². The molecule has 2 heterocycles. The Kier molecular flexibility index (Phi) is 6.35. The number of hydrogen-bond acceptors (Lipinski definition) is 5. The molecule has 0 unspecified atom stereocenters. The van der Waals surface area contributed by atoms with Crippen LogP contribution < -0.4 is 5.32 Å². The second kappa shape index (κ2) is 9.17. The molecule has 31 heavy (non-hydrogen) atoms. The number of sulfonamides is 1. The smallest absolute Gasteiger partial charge is 0.258 e. The third-order valence-corrected chi connectivity index (χ3v) is 7.46. The highest BCUT2D eigenvalue weighted by Gasteiger charge is 2.28. The zero-order chi connectivity index (χ0) is 21.8. The average Bonchev–Trinajstić information content (AvgIpc) is 3.21. The van der Waals surface area contributed by atoms with E-state index in [1.165, 1.54) is 28.8 Å². The molecule has 1 N–H and O–H groups in total. The highest BCUT2D eigenvalue weighted by molar-refractivity contribution is 7.89. The first-order chi connectivity index (χ1) is 14.9. The molecule has 0 radical (unpaired) electrons. The fourth-order valence-electron chi connectivity index (χ4n) is 3.46. The number of carbonyl (C=O) groups excluding carboxylic acids is 1. The lowest BCUT2D eigenvalue weighted by atomic mass is 10.2. The summed E-state index contributed by atoms with van der Waals surface area (Å²) in [5.41, 5.74) is 1.22. The molecule has 0 aliphatic carbocycles. The van der Waals surface area contributed by atoms with Crippen LogP contribution in [0.1, 0.15) is 35.2 Å². The van der Waals surface area contributed by atoms with Crippen LogP contribution in [0.3, 0.4) is 0 Å². The molecular formula is C21H22ClN5O3S. The number of hydrogen-bond donors (Lipinski definition) is 1. The van der Waals surface area contributed by atoms with Gasteiger partial charge in [-0.1, -0.05) is 48.4 Å². The maximum atomic E-state index is 13.0. The standard InChI is InChI=1S/C21H22ClN5O3S/c22-18-10-9-17(13-19(18)31(29,30)27-11-5-2-6-12-27)20(28)24-21-23-15-26(25-21)14-16-7-3-1-4-8-16/h1,3-4,7-10,13,15H,2,5-6,11-12,14H2,(H,24,25,28). The topological polar surface area (TPSA) is 97.2 Å². The largest absolute Gasteiger partial charge is 0.289 e. The van der Waals surface area contributed by atoms with E-state index in [4.69, 9.17) is 11.6 Å². The number of amides is 1. The third-order valence-electron chi connectivity index (χ3n) is 5.08. The number of rotatable bonds is 6. The fraction of sp³-hybridized carbons (Fsp3) is 0.286. The molecule has 0 spiro atoms. The van der Waals surface area contributed by atoms with Crippen molar-refractivity contribution in [1.82, 2.24) is 19.1 Å². The summed E-state index contributed by atoms with van der Waals surface area (Å²) in [4.78, 5) is 16.7. The molecule has 162 valence electrons. The number of carbonyl (C=O) groups is 1. The Morgan fingerprint density at radius 3 is 2.55 bits per heavy atom. The van der Waals surface area contributed by atoms with Gasteiger partial charge < -0.3 is 0 Å². The van der Waals surface area contributed by atoms with Crippen molar-refractivity contribution < 1.29 is 13.2 Å². The second-order valence-electron chi connectivity index (χ2n) is 7.32. The van der Waals surface area contributed by atoms with Crippen LogP contribution in [-0.4, -0.2) is 46.5 Å². The number of nitrogens with one attached hydrogen (secondary N) is 1. The zero-order valence-corrected chi connectivity index (χ0v) is 18.3. The number of halogens is 1. The number of nitrogens with zero attached hydrogens (tertiary/aromatic N) is 4. The normalized spacial score (nSPS) is 15.0. The van der Waals surface area contributed by atoms with Crippen molar-refractivity contribution in [1.29, 1.82) is 0 Å². The maximum absolute atomic E-state index is 13.0. The lowest BCUT2D eigenvalue weighted by Gasteiger charge is -2.26. The van der Waals surface area contributed by atoms with Gasteiger partial charge in [-0.25, -0.2) is 18.1 Å². The minimum Gasteiger partial charge on any atom is -0.289 e. The lowest BCUT2D eigenvalue weighted by Crippen LogP contribution is -2.35. The first kappa shape index (κ1) is 21.5. The molecule has 10 heteroatoms. The monoisotopic (exact) mass is 459 g/mol. The number of benzene rings is 2. The summed E-state index contributed by atoms with van der Waals surface area (Å²) < 4.78 is 29.0. The maximum Gasteiger partial charge on any atom is 0.258 e. The van der Waals surface area contributed by atoms with E-state index in [2.05, 4.69) is 15.4 Å². The highest BCUT2D eigenvalue weighted by atomic mass is 35.5. The molecule has 3 aromatic rings. The number of piperidine rings is 1. The zero-order valence-electron chi connectivity index (χ0n) is 16.7. The third kappa shape index (κ3) is 4.95. The summed E-state index contributed by atoms with van der Waals surface area (Å²) in [5.74, 6) is -0.374. The summed E-state index contributed by atoms with van der Waals surface area (Å²) in [6.45, 7) is 1.43. The quantitative estimate of drug-likeness (QED) is 0.609. The van der Waals surface area contributed by atoms with Gasteiger partial charge in [0.25, 0.3) is 5.91 Å². The van der Waals surface area contributed by atoms with Gasteiger partial charge in [-0.15, -0.1) is 5.10 Å². The van der Waals surface area contributed by atoms with E-state index in [1.54, 1.807) is 4.68 Å². The van der Waals surface area contributed by atoms with E-state index in [9.17, 15) is 13.2 Å². The Hall–Kier alpha value is -2.75. The van der Waals surface area contributed by atoms with Gasteiger partial charge in [0.05, 0.1) is 11.6 Å². The number of anilines is 1. The molecule has 2 aromatic carbocycles. The van der Waals surface area contributed by atoms with Gasteiger partial charge in [-0.3, -0.25) is 10.1 Å². The fourth-order valence-corrected chi connectivity index (χ4v) is 5.48. The van der Waals surface area contributed by atoms with Crippen LogP contribution in [0.5, 0.6) is 0 Å². The van der Waals surface area contributed by atoms with Crippen LogP contribution in [0.2, 0.25) is 5.02 Å². The van der Waals surface area contributed by atoms with E-state index < -0.39 is 15.9 Å². The molecule has 8 nitrogen and oxygen atoms in total. The van der Waals surface area contributed by atoms with Gasteiger partial charge in [-0.05, 0) is 36.6 Å². The molecule has 1 aliphatic heterocycles. The Labute approximate surface area is 185 Å². The van der Waals surface area contributed by atoms with Crippen molar-refractivity contribution in [3.8, 4) is 0 Å². The Balaban J connectivity index is 1.50. The van der Waals surface area contributed by atoms with Gasteiger partial charge in [0, 0.05) is 18.7 Å². The first-order valence-corrected chi connectivity index (χ1v) is 11.8. The number of aromatic nitrogens is 3. The summed E-state index contributed by atoms with van der Waals surface area (Å²) >= 11 is 6.18. The second-order valence-corrected chi connectivity index (χ2v) is 9.63. The highest BCUT2D eigenvalue weighted by Crippen LogP contribution is 2.28. The van der Waals surface area contributed by atoms with Crippen molar-refractivity contribution in [2.45, 2.75) is 30.7 Å². The van der Waals surface area contributed by atoms with Gasteiger partial charge in [0.2, 0.25) is 16.0 Å². The SMILES string of the molecule is O=C(Nc1ncn(Cc2ccccc2)n1)c1ccc(Cl)c(S(=O)(=O)N2CCCCC2)c1. The molecule has 1 saturated heterocycles. The van der Waals surface area contributed by atoms with Crippen molar-refractivity contribution in [3.05, 3.63) is 71.0 Å². The Morgan fingerprint density at radius 1 is 1.06 bits per heavy atom. The predicted molar refractivity (Wildman–Crippen MR) is 118 cm³/mol.